The molecule has 2 aliphatic heterocycles. The zero-order chi connectivity index (χ0) is 24.3. The predicted molar refractivity (Wildman–Crippen MR) is 110 cm³/mol. The molecule has 0 spiro atoms. The van der Waals surface area contributed by atoms with Gasteiger partial charge in [0, 0.05) is 5.56 Å². The van der Waals surface area contributed by atoms with Gasteiger partial charge in [-0.1, -0.05) is 18.2 Å². The van der Waals surface area contributed by atoms with Gasteiger partial charge in [0.1, 0.15) is 25.4 Å². The predicted octanol–water partition coefficient (Wildman–Crippen LogP) is 0.252. The number of nitrogens with zero attached hydrogens (tertiary/aromatic N) is 3. The molecule has 16 heteroatoms. The molecule has 1 unspecified atom stereocenters. The van der Waals surface area contributed by atoms with E-state index in [9.17, 15) is 28.7 Å². The number of imidazole rings is 1. The number of rotatable bonds is 5. The van der Waals surface area contributed by atoms with E-state index in [-0.39, 0.29) is 29.5 Å². The molecule has 4 heterocycles. The first-order valence-electron chi connectivity index (χ1n) is 9.86. The zero-order valence-corrected chi connectivity index (χ0v) is 18.0. The number of nitrogens with one attached hydrogen (secondary N) is 1. The number of anilines is 1. The number of fused-ring (bicyclic) bond motifs is 2. The zero-order valence-electron chi connectivity index (χ0n) is 17.1. The largest absolute Gasteiger partial charge is 0.619 e. The average molecular weight is 502 g/mol. The summed E-state index contributed by atoms with van der Waals surface area (Å²) in [4.78, 5) is 32.6. The van der Waals surface area contributed by atoms with Crippen molar-refractivity contribution < 1.29 is 42.2 Å². The lowest BCUT2D eigenvalue weighted by molar-refractivity contribution is -0.194. The van der Waals surface area contributed by atoms with Crippen molar-refractivity contribution in [2.45, 2.75) is 37.1 Å². The highest BCUT2D eigenvalue weighted by Gasteiger charge is 2.64. The number of aromatic nitrogens is 4. The second kappa shape index (κ2) is 8.16. The van der Waals surface area contributed by atoms with Crippen LogP contribution in [0.3, 0.4) is 0 Å². The lowest BCUT2D eigenvalue weighted by Crippen LogP contribution is -2.52. The molecule has 13 nitrogen and oxygen atoms in total. The normalized spacial score (nSPS) is 31.1. The molecule has 1 saturated heterocycles. The van der Waals surface area contributed by atoms with Crippen LogP contribution in [0.2, 0.25) is 0 Å². The molecule has 0 radical (unpaired) electrons. The highest BCUT2D eigenvalue weighted by Crippen LogP contribution is 2.62. The molecule has 34 heavy (non-hydrogen) atoms. The number of H-pyrrole nitrogens is 1. The summed E-state index contributed by atoms with van der Waals surface area (Å²) in [6.45, 7) is -1.20. The van der Waals surface area contributed by atoms with Gasteiger partial charge in [0.2, 0.25) is 5.95 Å². The third kappa shape index (κ3) is 3.62. The SMILES string of the molecule is Nc1nc2c(ncn2[C@@H]2O[C@@](CO[P+]3(O)OCc4ccccc4O3)(C(F)F)[C@@H](O)[C@H]2O)c(=O)[nH]1. The van der Waals surface area contributed by atoms with Crippen molar-refractivity contribution in [3.63, 3.8) is 0 Å². The summed E-state index contributed by atoms with van der Waals surface area (Å²) < 4.78 is 50.7. The maximum absolute atomic E-state index is 14.3. The summed E-state index contributed by atoms with van der Waals surface area (Å²) in [5, 5.41) is 21.1. The molecule has 2 aliphatic rings. The topological polar surface area (TPSA) is 187 Å². The third-order valence-corrected chi connectivity index (χ3v) is 6.91. The molecule has 2 aromatic heterocycles. The number of hydrogen-bond donors (Lipinski definition) is 5. The van der Waals surface area contributed by atoms with Gasteiger partial charge in [-0.05, 0) is 6.07 Å². The molecule has 5 rings (SSSR count). The first-order chi connectivity index (χ1) is 16.1. The van der Waals surface area contributed by atoms with E-state index in [1.54, 1.807) is 24.3 Å². The monoisotopic (exact) mass is 502 g/mol. The van der Waals surface area contributed by atoms with E-state index in [0.717, 1.165) is 10.9 Å². The van der Waals surface area contributed by atoms with Gasteiger partial charge in [0.05, 0.1) is 6.33 Å². The van der Waals surface area contributed by atoms with Crippen LogP contribution in [0.1, 0.15) is 11.8 Å². The Balaban J connectivity index is 1.43. The van der Waals surface area contributed by atoms with Crippen molar-refractivity contribution in [3.05, 3.63) is 46.5 Å². The molecule has 182 valence electrons. The number of aliphatic hydroxyl groups is 2. The molecule has 6 N–H and O–H groups in total. The van der Waals surface area contributed by atoms with Crippen LogP contribution in [0.15, 0.2) is 35.4 Å². The van der Waals surface area contributed by atoms with Gasteiger partial charge < -0.3 is 20.7 Å². The van der Waals surface area contributed by atoms with Crippen molar-refractivity contribution in [2.75, 3.05) is 12.3 Å². The smallest absolute Gasteiger partial charge is 0.387 e. The minimum atomic E-state index is -4.11. The number of halogens is 2. The van der Waals surface area contributed by atoms with E-state index in [1.165, 1.54) is 0 Å². The van der Waals surface area contributed by atoms with Crippen LogP contribution in [-0.4, -0.2) is 65.5 Å². The fourth-order valence-corrected chi connectivity index (χ4v) is 5.06. The molecular weight excluding hydrogens is 483 g/mol. The minimum Gasteiger partial charge on any atom is -0.387 e. The number of nitrogens with two attached hydrogens (primary N) is 1. The second-order valence-corrected chi connectivity index (χ2v) is 9.33. The van der Waals surface area contributed by atoms with Crippen LogP contribution in [0, 0.1) is 0 Å². The van der Waals surface area contributed by atoms with E-state index < -0.39 is 50.8 Å². The number of aliphatic hydroxyl groups excluding tert-OH is 2. The molecule has 0 saturated carbocycles. The van der Waals surface area contributed by atoms with Crippen LogP contribution >= 0.6 is 8.17 Å². The van der Waals surface area contributed by atoms with Gasteiger partial charge in [-0.15, -0.1) is 9.05 Å². The fraction of sp³-hybridized carbons (Fsp3) is 0.389. The second-order valence-electron chi connectivity index (χ2n) is 7.69. The molecule has 0 bridgehead atoms. The Kier molecular flexibility index (Phi) is 5.52. The van der Waals surface area contributed by atoms with Gasteiger partial charge in [-0.3, -0.25) is 18.9 Å². The van der Waals surface area contributed by atoms with Gasteiger partial charge in [-0.2, -0.15) is 9.88 Å². The van der Waals surface area contributed by atoms with Crippen molar-refractivity contribution in [1.82, 2.24) is 19.5 Å². The van der Waals surface area contributed by atoms with Crippen LogP contribution < -0.4 is 15.8 Å². The Morgan fingerprint density at radius 3 is 2.91 bits per heavy atom. The number of aromatic amines is 1. The summed E-state index contributed by atoms with van der Waals surface area (Å²) in [6, 6.07) is 6.59. The number of nitrogen functional groups attached to an aromatic ring is 1. The Labute approximate surface area is 189 Å². The molecule has 1 aromatic carbocycles. The van der Waals surface area contributed by atoms with Crippen molar-refractivity contribution in [1.29, 1.82) is 0 Å². The first kappa shape index (κ1) is 23.0. The van der Waals surface area contributed by atoms with E-state index in [2.05, 4.69) is 15.0 Å². The Morgan fingerprint density at radius 1 is 1.38 bits per heavy atom. The van der Waals surface area contributed by atoms with Crippen molar-refractivity contribution >= 4 is 25.3 Å². The number of ether oxygens (including phenoxy) is 1. The molecule has 0 aliphatic carbocycles. The van der Waals surface area contributed by atoms with Crippen molar-refractivity contribution in [3.8, 4) is 5.75 Å². The Hall–Kier alpha value is -2.78. The molecular formula is C18H19F2N5O8P+. The average Bonchev–Trinajstić information content (AvgIpc) is 3.32. The molecule has 5 atom stereocenters. The molecule has 1 fully saturated rings. The first-order valence-corrected chi connectivity index (χ1v) is 11.4. The van der Waals surface area contributed by atoms with Gasteiger partial charge in [-0.25, -0.2) is 13.8 Å². The van der Waals surface area contributed by atoms with Gasteiger partial charge in [0.25, 0.3) is 12.0 Å². The van der Waals surface area contributed by atoms with Crippen LogP contribution in [-0.2, 0) is 20.4 Å². The summed E-state index contributed by atoms with van der Waals surface area (Å²) in [5.41, 5.74) is 2.31. The summed E-state index contributed by atoms with van der Waals surface area (Å²) in [5.74, 6) is -0.0325. The molecule has 0 amide bonds. The number of alkyl halides is 2. The van der Waals surface area contributed by atoms with E-state index in [1.807, 2.05) is 0 Å². The van der Waals surface area contributed by atoms with Gasteiger partial charge >= 0.3 is 8.17 Å². The lowest BCUT2D eigenvalue weighted by Gasteiger charge is -2.31. The van der Waals surface area contributed by atoms with Crippen LogP contribution in [0.5, 0.6) is 5.75 Å². The van der Waals surface area contributed by atoms with Crippen LogP contribution in [0.4, 0.5) is 14.7 Å². The van der Waals surface area contributed by atoms with E-state index >= 15 is 0 Å². The van der Waals surface area contributed by atoms with Gasteiger partial charge in [0.15, 0.2) is 28.7 Å². The summed E-state index contributed by atoms with van der Waals surface area (Å²) in [6.07, 6.45) is -8.10. The maximum Gasteiger partial charge on any atom is 0.619 e. The summed E-state index contributed by atoms with van der Waals surface area (Å²) >= 11 is 0. The number of para-hydroxylation sites is 1. The quantitative estimate of drug-likeness (QED) is 0.301. The third-order valence-electron chi connectivity index (χ3n) is 5.57. The fourth-order valence-electron chi connectivity index (χ4n) is 3.78. The van der Waals surface area contributed by atoms with E-state index in [4.69, 9.17) is 24.0 Å². The number of hydrogen-bond acceptors (Lipinski definition) is 11. The van der Waals surface area contributed by atoms with Crippen molar-refractivity contribution in [2.24, 2.45) is 0 Å². The minimum absolute atomic E-state index is 0.0978. The lowest BCUT2D eigenvalue weighted by atomic mass is 9.96. The standard InChI is InChI=1S/C18H18F2N5O8P/c19-16(20)18(6-31-34(29)30-5-8-3-1-2-4-9(8)33-34)12(27)11(26)15(32-18)25-7-22-10-13(25)23-17(21)24-14(10)28/h1-4,7,11-12,15-16,26-27,29H,5-6H2,(H2-,21,23,24,28)/p+1/t11-,12+,15-,18-,34?/m1/s1. The number of benzene rings is 1. The summed E-state index contributed by atoms with van der Waals surface area (Å²) in [7, 11) is -4.11. The molecule has 3 aromatic rings. The highest BCUT2D eigenvalue weighted by atomic mass is 31.2. The van der Waals surface area contributed by atoms with E-state index in [0.29, 0.717) is 5.56 Å². The Bertz CT molecular complexity index is 1290. The maximum atomic E-state index is 14.3. The highest BCUT2D eigenvalue weighted by molar-refractivity contribution is 7.55. The van der Waals surface area contributed by atoms with Crippen LogP contribution in [0.25, 0.3) is 11.2 Å². The Morgan fingerprint density at radius 2 is 2.15 bits per heavy atom.